The van der Waals surface area contributed by atoms with Gasteiger partial charge in [-0.05, 0) is 19.4 Å². The lowest BCUT2D eigenvalue weighted by atomic mass is 9.71. The van der Waals surface area contributed by atoms with Crippen LogP contribution in [0.1, 0.15) is 19.3 Å². The zero-order valence-electron chi connectivity index (χ0n) is 12.2. The van der Waals surface area contributed by atoms with E-state index in [4.69, 9.17) is 4.74 Å². The molecule has 3 aliphatic rings. The van der Waals surface area contributed by atoms with Gasteiger partial charge in [0.1, 0.15) is 13.5 Å². The Morgan fingerprint density at radius 3 is 2.84 bits per heavy atom. The number of esters is 1. The highest BCUT2D eigenvalue weighted by molar-refractivity contribution is 6.83. The lowest BCUT2D eigenvalue weighted by Gasteiger charge is -2.29. The van der Waals surface area contributed by atoms with Gasteiger partial charge in [-0.2, -0.15) is 0 Å². The van der Waals surface area contributed by atoms with Gasteiger partial charge in [0, 0.05) is 19.0 Å². The van der Waals surface area contributed by atoms with E-state index in [1.54, 1.807) is 0 Å². The molecule has 104 valence electrons. The number of ether oxygens (including phenoxy) is 1. The van der Waals surface area contributed by atoms with Gasteiger partial charge in [0.25, 0.3) is 0 Å². The molecule has 3 saturated heterocycles. The van der Waals surface area contributed by atoms with Crippen LogP contribution in [0.2, 0.25) is 19.6 Å². The molecule has 0 aromatic rings. The zero-order chi connectivity index (χ0) is 13.7. The number of carbonyl (C=O) groups excluding carboxylic acids is 1. The van der Waals surface area contributed by atoms with Crippen LogP contribution in [0.3, 0.4) is 0 Å². The van der Waals surface area contributed by atoms with Crippen LogP contribution in [0.4, 0.5) is 0 Å². The molecular weight excluding hydrogens is 254 g/mol. The molecule has 0 amide bonds. The fourth-order valence-electron chi connectivity index (χ4n) is 3.90. The molecule has 3 nitrogen and oxygen atoms in total. The van der Waals surface area contributed by atoms with Crippen LogP contribution in [0.25, 0.3) is 0 Å². The van der Waals surface area contributed by atoms with Gasteiger partial charge in [0.2, 0.25) is 0 Å². The van der Waals surface area contributed by atoms with Crippen molar-refractivity contribution in [2.24, 2.45) is 11.3 Å². The van der Waals surface area contributed by atoms with Crippen molar-refractivity contribution in [2.45, 2.75) is 44.9 Å². The number of fused-ring (bicyclic) bond motifs is 2. The van der Waals surface area contributed by atoms with E-state index in [1.165, 1.54) is 6.42 Å². The first-order chi connectivity index (χ1) is 8.93. The third-order valence-corrected chi connectivity index (χ3v) is 5.64. The molecule has 3 fully saturated rings. The molecule has 3 rings (SSSR count). The normalized spacial score (nSPS) is 38.2. The number of cyclic esters (lactones) is 1. The second kappa shape index (κ2) is 4.36. The average molecular weight is 277 g/mol. The van der Waals surface area contributed by atoms with Crippen molar-refractivity contribution in [2.75, 3.05) is 19.7 Å². The molecule has 0 aromatic heterocycles. The van der Waals surface area contributed by atoms with Gasteiger partial charge in [-0.1, -0.05) is 19.6 Å². The summed E-state index contributed by atoms with van der Waals surface area (Å²) in [7, 11) is -1.38. The molecule has 3 atom stereocenters. The highest BCUT2D eigenvalue weighted by Crippen LogP contribution is 2.51. The molecule has 4 heteroatoms. The van der Waals surface area contributed by atoms with Gasteiger partial charge in [0.05, 0.1) is 12.5 Å². The zero-order valence-corrected chi connectivity index (χ0v) is 13.2. The minimum Gasteiger partial charge on any atom is -0.465 e. The Hall–Kier alpha value is -0.793. The second-order valence-electron chi connectivity index (χ2n) is 7.15. The van der Waals surface area contributed by atoms with E-state index in [2.05, 4.69) is 36.0 Å². The van der Waals surface area contributed by atoms with Gasteiger partial charge < -0.3 is 4.74 Å². The van der Waals surface area contributed by atoms with Crippen LogP contribution < -0.4 is 0 Å². The number of hydrogen-bond acceptors (Lipinski definition) is 3. The van der Waals surface area contributed by atoms with E-state index in [1.807, 2.05) is 0 Å². The van der Waals surface area contributed by atoms with Crippen LogP contribution in [0.15, 0.2) is 0 Å². The maximum Gasteiger partial charge on any atom is 0.315 e. The van der Waals surface area contributed by atoms with E-state index in [0.29, 0.717) is 12.6 Å². The van der Waals surface area contributed by atoms with Crippen molar-refractivity contribution in [1.29, 1.82) is 0 Å². The molecule has 0 saturated carbocycles. The summed E-state index contributed by atoms with van der Waals surface area (Å²) in [5.41, 5.74) is 3.18. The monoisotopic (exact) mass is 277 g/mol. The van der Waals surface area contributed by atoms with Gasteiger partial charge in [-0.15, -0.1) is 11.5 Å². The lowest BCUT2D eigenvalue weighted by molar-refractivity contribution is -0.148. The van der Waals surface area contributed by atoms with Gasteiger partial charge in [-0.25, -0.2) is 0 Å². The van der Waals surface area contributed by atoms with E-state index in [-0.39, 0.29) is 17.3 Å². The van der Waals surface area contributed by atoms with Gasteiger partial charge >= 0.3 is 5.97 Å². The summed E-state index contributed by atoms with van der Waals surface area (Å²) in [5.74, 6) is 3.70. The van der Waals surface area contributed by atoms with Crippen LogP contribution in [0.5, 0.6) is 0 Å². The van der Waals surface area contributed by atoms with Gasteiger partial charge in [-0.3, -0.25) is 9.69 Å². The highest BCUT2D eigenvalue weighted by Gasteiger charge is 2.62. The Morgan fingerprint density at radius 1 is 1.42 bits per heavy atom. The minimum absolute atomic E-state index is 0.0248. The molecule has 19 heavy (non-hydrogen) atoms. The topological polar surface area (TPSA) is 29.5 Å². The van der Waals surface area contributed by atoms with Crippen LogP contribution in [0, 0.1) is 22.8 Å². The molecule has 3 heterocycles. The first-order valence-corrected chi connectivity index (χ1v) is 10.9. The largest absolute Gasteiger partial charge is 0.465 e. The highest BCUT2D eigenvalue weighted by atomic mass is 28.3. The van der Waals surface area contributed by atoms with Crippen molar-refractivity contribution in [3.05, 3.63) is 0 Å². The molecule has 0 N–H and O–H groups in total. The molecule has 0 radical (unpaired) electrons. The van der Waals surface area contributed by atoms with E-state index < -0.39 is 8.07 Å². The molecule has 1 spiro atoms. The predicted octanol–water partition coefficient (Wildman–Crippen LogP) is 1.89. The first-order valence-electron chi connectivity index (χ1n) is 7.37. The Balaban J connectivity index is 1.95. The van der Waals surface area contributed by atoms with Crippen LogP contribution >= 0.6 is 0 Å². The maximum atomic E-state index is 12.4. The SMILES string of the molecule is C[Si](C)(C)C#C[C@@H]1CN2CCC[C@@H]2[C@@]12CCOC2=O. The summed E-state index contributed by atoms with van der Waals surface area (Å²) in [6.07, 6.45) is 3.23. The number of hydrogen-bond donors (Lipinski definition) is 0. The quantitative estimate of drug-likeness (QED) is 0.385. The number of carbonyl (C=O) groups is 1. The fourth-order valence-corrected chi connectivity index (χ4v) is 4.51. The summed E-state index contributed by atoms with van der Waals surface area (Å²) in [5, 5.41) is 0. The standard InChI is InChI=1S/C15H23NO2Si/c1-19(2,3)10-6-12-11-16-8-4-5-13(16)15(12)7-9-18-14(15)17/h12-13H,4-5,7-9,11H2,1-3H3/t12-,13-,15-/m1/s1. The third-order valence-electron chi connectivity index (χ3n) is 4.75. The van der Waals surface area contributed by atoms with Crippen molar-refractivity contribution in [3.8, 4) is 11.5 Å². The van der Waals surface area contributed by atoms with E-state index in [9.17, 15) is 4.79 Å². The Labute approximate surface area is 116 Å². The Kier molecular flexibility index (Phi) is 3.03. The third kappa shape index (κ3) is 2.04. The van der Waals surface area contributed by atoms with Crippen molar-refractivity contribution in [1.82, 2.24) is 4.90 Å². The van der Waals surface area contributed by atoms with Crippen LogP contribution in [-0.2, 0) is 9.53 Å². The predicted molar refractivity (Wildman–Crippen MR) is 77.2 cm³/mol. The minimum atomic E-state index is -1.38. The summed E-state index contributed by atoms with van der Waals surface area (Å²) in [6, 6.07) is 0.392. The Bertz CT molecular complexity index is 459. The molecule has 0 aliphatic carbocycles. The molecule has 0 bridgehead atoms. The van der Waals surface area contributed by atoms with Crippen molar-refractivity contribution < 1.29 is 9.53 Å². The molecule has 3 aliphatic heterocycles. The van der Waals surface area contributed by atoms with Crippen molar-refractivity contribution >= 4 is 14.0 Å². The summed E-state index contributed by atoms with van der Waals surface area (Å²) in [4.78, 5) is 14.9. The molecule has 0 aromatic carbocycles. The van der Waals surface area contributed by atoms with Gasteiger partial charge in [0.15, 0.2) is 0 Å². The average Bonchev–Trinajstić information content (AvgIpc) is 2.95. The van der Waals surface area contributed by atoms with E-state index in [0.717, 1.165) is 25.9 Å². The second-order valence-corrected chi connectivity index (χ2v) is 11.9. The number of nitrogens with zero attached hydrogens (tertiary/aromatic N) is 1. The first kappa shape index (κ1) is 13.2. The van der Waals surface area contributed by atoms with Crippen molar-refractivity contribution in [3.63, 3.8) is 0 Å². The Morgan fingerprint density at radius 2 is 2.21 bits per heavy atom. The van der Waals surface area contributed by atoms with E-state index >= 15 is 0 Å². The summed E-state index contributed by atoms with van der Waals surface area (Å²) in [6.45, 7) is 9.47. The fraction of sp³-hybridized carbons (Fsp3) is 0.800. The lowest BCUT2D eigenvalue weighted by Crippen LogP contribution is -2.41. The summed E-state index contributed by atoms with van der Waals surface area (Å²) >= 11 is 0. The number of rotatable bonds is 0. The van der Waals surface area contributed by atoms with Crippen LogP contribution in [-0.4, -0.2) is 44.7 Å². The molecule has 0 unspecified atom stereocenters. The summed E-state index contributed by atoms with van der Waals surface area (Å²) < 4.78 is 5.34. The smallest absolute Gasteiger partial charge is 0.315 e. The molecular formula is C15H23NO2Si. The maximum absolute atomic E-state index is 12.4.